The standard InChI is InChI=1S/C21H14FN3O3/c22-13-8-9-18(17(23)11-13)24-19(26)12-4-3-5-14(10-12)25-20(27)15-6-1-2-7-16(15)21(25)28/h1-11H,23H2,(H,24,26). The number of rotatable bonds is 3. The van der Waals surface area contributed by atoms with Crippen LogP contribution in [0.15, 0.2) is 66.7 Å². The molecule has 0 fully saturated rings. The quantitative estimate of drug-likeness (QED) is 0.542. The molecule has 138 valence electrons. The Labute approximate surface area is 159 Å². The summed E-state index contributed by atoms with van der Waals surface area (Å²) in [5.74, 6) is -1.90. The average Bonchev–Trinajstić information content (AvgIpc) is 2.95. The maximum absolute atomic E-state index is 13.2. The van der Waals surface area contributed by atoms with E-state index in [0.717, 1.165) is 11.0 Å². The third-order valence-electron chi connectivity index (χ3n) is 4.42. The van der Waals surface area contributed by atoms with E-state index in [4.69, 9.17) is 5.73 Å². The molecule has 1 aliphatic heterocycles. The van der Waals surface area contributed by atoms with Crippen molar-refractivity contribution in [3.63, 3.8) is 0 Å². The number of nitrogen functional groups attached to an aromatic ring is 1. The van der Waals surface area contributed by atoms with Crippen molar-refractivity contribution in [3.05, 3.63) is 89.2 Å². The summed E-state index contributed by atoms with van der Waals surface area (Å²) in [6, 6.07) is 16.3. The molecule has 7 heteroatoms. The highest BCUT2D eigenvalue weighted by Crippen LogP contribution is 2.29. The van der Waals surface area contributed by atoms with Gasteiger partial charge in [0, 0.05) is 5.56 Å². The fraction of sp³-hybridized carbons (Fsp3) is 0. The number of anilines is 3. The van der Waals surface area contributed by atoms with Gasteiger partial charge >= 0.3 is 0 Å². The molecular formula is C21H14FN3O3. The molecule has 0 spiro atoms. The lowest BCUT2D eigenvalue weighted by Gasteiger charge is -2.15. The maximum atomic E-state index is 13.2. The zero-order valence-electron chi connectivity index (χ0n) is 14.5. The monoisotopic (exact) mass is 375 g/mol. The molecule has 1 aliphatic rings. The molecule has 28 heavy (non-hydrogen) atoms. The predicted molar refractivity (Wildman–Crippen MR) is 103 cm³/mol. The van der Waals surface area contributed by atoms with E-state index in [2.05, 4.69) is 5.32 Å². The summed E-state index contributed by atoms with van der Waals surface area (Å²) in [6.45, 7) is 0. The molecular weight excluding hydrogens is 361 g/mol. The number of amides is 3. The fourth-order valence-electron chi connectivity index (χ4n) is 3.05. The number of carbonyl (C=O) groups excluding carboxylic acids is 3. The Hall–Kier alpha value is -4.00. The summed E-state index contributed by atoms with van der Waals surface area (Å²) in [4.78, 5) is 38.8. The van der Waals surface area contributed by atoms with Gasteiger partial charge in [0.15, 0.2) is 0 Å². The number of nitrogens with one attached hydrogen (secondary N) is 1. The molecule has 0 radical (unpaired) electrons. The number of nitrogens with zero attached hydrogens (tertiary/aromatic N) is 1. The van der Waals surface area contributed by atoms with Crippen LogP contribution in [0.5, 0.6) is 0 Å². The Bertz CT molecular complexity index is 1110. The highest BCUT2D eigenvalue weighted by atomic mass is 19.1. The van der Waals surface area contributed by atoms with Crippen LogP contribution in [-0.2, 0) is 0 Å². The summed E-state index contributed by atoms with van der Waals surface area (Å²) in [7, 11) is 0. The molecule has 0 saturated carbocycles. The van der Waals surface area contributed by atoms with Gasteiger partial charge in [0.1, 0.15) is 5.82 Å². The third-order valence-corrected chi connectivity index (χ3v) is 4.42. The van der Waals surface area contributed by atoms with Gasteiger partial charge in [-0.25, -0.2) is 9.29 Å². The van der Waals surface area contributed by atoms with Crippen molar-refractivity contribution in [2.24, 2.45) is 0 Å². The van der Waals surface area contributed by atoms with Crippen LogP contribution in [-0.4, -0.2) is 17.7 Å². The number of carbonyl (C=O) groups is 3. The van der Waals surface area contributed by atoms with Gasteiger partial charge in [-0.15, -0.1) is 0 Å². The Morgan fingerprint density at radius 1 is 0.893 bits per heavy atom. The number of fused-ring (bicyclic) bond motifs is 1. The molecule has 6 nitrogen and oxygen atoms in total. The van der Waals surface area contributed by atoms with E-state index in [1.807, 2.05) is 0 Å². The summed E-state index contributed by atoms with van der Waals surface area (Å²) < 4.78 is 13.2. The normalized spacial score (nSPS) is 12.8. The highest BCUT2D eigenvalue weighted by Gasteiger charge is 2.36. The molecule has 3 N–H and O–H groups in total. The Balaban J connectivity index is 1.63. The minimum atomic E-state index is -0.511. The van der Waals surface area contributed by atoms with Gasteiger partial charge in [-0.1, -0.05) is 18.2 Å². The lowest BCUT2D eigenvalue weighted by Crippen LogP contribution is -2.29. The lowest BCUT2D eigenvalue weighted by molar-refractivity contribution is 0.0924. The van der Waals surface area contributed by atoms with E-state index in [1.54, 1.807) is 36.4 Å². The molecule has 3 aromatic carbocycles. The summed E-state index contributed by atoms with van der Waals surface area (Å²) in [6.07, 6.45) is 0. The van der Waals surface area contributed by atoms with Gasteiger partial charge in [0.25, 0.3) is 17.7 Å². The first-order valence-corrected chi connectivity index (χ1v) is 8.40. The largest absolute Gasteiger partial charge is 0.397 e. The first-order valence-electron chi connectivity index (χ1n) is 8.40. The number of hydrogen-bond acceptors (Lipinski definition) is 4. The van der Waals surface area contributed by atoms with Crippen molar-refractivity contribution in [3.8, 4) is 0 Å². The fourth-order valence-corrected chi connectivity index (χ4v) is 3.05. The predicted octanol–water partition coefficient (Wildman–Crippen LogP) is 3.46. The third kappa shape index (κ3) is 2.88. The van der Waals surface area contributed by atoms with Crippen molar-refractivity contribution < 1.29 is 18.8 Å². The molecule has 0 bridgehead atoms. The number of halogens is 1. The highest BCUT2D eigenvalue weighted by molar-refractivity contribution is 6.34. The second-order valence-electron chi connectivity index (χ2n) is 6.23. The molecule has 0 atom stereocenters. The van der Waals surface area contributed by atoms with E-state index in [9.17, 15) is 18.8 Å². The van der Waals surface area contributed by atoms with Gasteiger partial charge < -0.3 is 11.1 Å². The van der Waals surface area contributed by atoms with Crippen molar-refractivity contribution in [2.45, 2.75) is 0 Å². The van der Waals surface area contributed by atoms with Crippen LogP contribution in [0.2, 0.25) is 0 Å². The molecule has 4 rings (SSSR count). The topological polar surface area (TPSA) is 92.5 Å². The van der Waals surface area contributed by atoms with Crippen molar-refractivity contribution in [1.29, 1.82) is 0 Å². The first-order chi connectivity index (χ1) is 13.5. The Morgan fingerprint density at radius 2 is 1.57 bits per heavy atom. The Kier molecular flexibility index (Phi) is 4.12. The first kappa shape index (κ1) is 17.4. The van der Waals surface area contributed by atoms with Crippen molar-refractivity contribution in [1.82, 2.24) is 0 Å². The van der Waals surface area contributed by atoms with Gasteiger partial charge in [0.2, 0.25) is 0 Å². The minimum absolute atomic E-state index is 0.0878. The van der Waals surface area contributed by atoms with Crippen LogP contribution >= 0.6 is 0 Å². The molecule has 0 aromatic heterocycles. The van der Waals surface area contributed by atoms with Crippen LogP contribution in [0.1, 0.15) is 31.1 Å². The second-order valence-corrected chi connectivity index (χ2v) is 6.23. The second kappa shape index (κ2) is 6.62. The lowest BCUT2D eigenvalue weighted by atomic mass is 10.1. The SMILES string of the molecule is Nc1cc(F)ccc1NC(=O)c1cccc(N2C(=O)c3ccccc3C2=O)c1. The zero-order chi connectivity index (χ0) is 19.8. The summed E-state index contributed by atoms with van der Waals surface area (Å²) in [5, 5.41) is 2.59. The molecule has 0 saturated heterocycles. The number of imide groups is 1. The van der Waals surface area contributed by atoms with Crippen LogP contribution in [0.3, 0.4) is 0 Å². The summed E-state index contributed by atoms with van der Waals surface area (Å²) in [5.41, 5.74) is 7.20. The average molecular weight is 375 g/mol. The van der Waals surface area contributed by atoms with E-state index in [0.29, 0.717) is 11.1 Å². The van der Waals surface area contributed by atoms with Crippen LogP contribution < -0.4 is 16.0 Å². The zero-order valence-corrected chi connectivity index (χ0v) is 14.5. The summed E-state index contributed by atoms with van der Waals surface area (Å²) >= 11 is 0. The van der Waals surface area contributed by atoms with Gasteiger partial charge in [-0.3, -0.25) is 14.4 Å². The van der Waals surface area contributed by atoms with E-state index in [1.165, 1.54) is 24.3 Å². The molecule has 3 amide bonds. The van der Waals surface area contributed by atoms with Crippen LogP contribution in [0, 0.1) is 5.82 Å². The van der Waals surface area contributed by atoms with Crippen LogP contribution in [0.25, 0.3) is 0 Å². The van der Waals surface area contributed by atoms with Crippen molar-refractivity contribution >= 4 is 34.8 Å². The van der Waals surface area contributed by atoms with Crippen molar-refractivity contribution in [2.75, 3.05) is 16.0 Å². The minimum Gasteiger partial charge on any atom is -0.397 e. The number of hydrogen-bond donors (Lipinski definition) is 2. The smallest absolute Gasteiger partial charge is 0.266 e. The van der Waals surface area contributed by atoms with Gasteiger partial charge in [-0.05, 0) is 48.5 Å². The maximum Gasteiger partial charge on any atom is 0.266 e. The number of benzene rings is 3. The van der Waals surface area contributed by atoms with Gasteiger partial charge in [0.05, 0.1) is 28.2 Å². The van der Waals surface area contributed by atoms with Crippen LogP contribution in [0.4, 0.5) is 21.5 Å². The number of nitrogens with two attached hydrogens (primary N) is 1. The Morgan fingerprint density at radius 3 is 2.21 bits per heavy atom. The van der Waals surface area contributed by atoms with E-state index in [-0.39, 0.29) is 22.6 Å². The molecule has 0 unspecified atom stereocenters. The van der Waals surface area contributed by atoms with E-state index >= 15 is 0 Å². The van der Waals surface area contributed by atoms with Gasteiger partial charge in [-0.2, -0.15) is 0 Å². The molecule has 3 aromatic rings. The molecule has 0 aliphatic carbocycles. The van der Waals surface area contributed by atoms with E-state index < -0.39 is 23.5 Å². The molecule has 1 heterocycles.